The highest BCUT2D eigenvalue weighted by Gasteiger charge is 2.16. The highest BCUT2D eigenvalue weighted by atomic mass is 16.4. The van der Waals surface area contributed by atoms with Crippen LogP contribution >= 0.6 is 0 Å². The number of aliphatic carboxylic acids is 1. The van der Waals surface area contributed by atoms with Gasteiger partial charge in [-0.2, -0.15) is 5.10 Å². The number of carboxylic acids is 1. The first-order valence-corrected chi connectivity index (χ1v) is 6.73. The van der Waals surface area contributed by atoms with Gasteiger partial charge in [0.15, 0.2) is 0 Å². The molecule has 0 aliphatic carbocycles. The van der Waals surface area contributed by atoms with E-state index in [0.29, 0.717) is 12.0 Å². The van der Waals surface area contributed by atoms with Crippen LogP contribution in [0.2, 0.25) is 0 Å². The highest BCUT2D eigenvalue weighted by molar-refractivity contribution is 5.94. The molecule has 0 radical (unpaired) electrons. The molecule has 1 heterocycles. The molecule has 0 saturated carbocycles. The molecule has 1 amide bonds. The van der Waals surface area contributed by atoms with E-state index in [2.05, 4.69) is 10.4 Å². The Bertz CT molecular complexity index is 606. The molecular formula is C15H17N3O3. The number of nitrogens with one attached hydrogen (secondary N) is 1. The fourth-order valence-corrected chi connectivity index (χ4v) is 1.91. The number of rotatable bonds is 6. The molecule has 6 nitrogen and oxygen atoms in total. The summed E-state index contributed by atoms with van der Waals surface area (Å²) >= 11 is 0. The van der Waals surface area contributed by atoms with Gasteiger partial charge in [0.1, 0.15) is 0 Å². The molecule has 110 valence electrons. The minimum Gasteiger partial charge on any atom is -0.481 e. The van der Waals surface area contributed by atoms with E-state index < -0.39 is 11.9 Å². The Morgan fingerprint density at radius 3 is 2.57 bits per heavy atom. The van der Waals surface area contributed by atoms with Gasteiger partial charge in [-0.05, 0) is 36.8 Å². The maximum atomic E-state index is 12.0. The maximum absolute atomic E-state index is 12.0. The largest absolute Gasteiger partial charge is 0.481 e. The van der Waals surface area contributed by atoms with Gasteiger partial charge in [-0.25, -0.2) is 4.68 Å². The number of carboxylic acid groups (broad SMARTS) is 1. The van der Waals surface area contributed by atoms with Crippen molar-refractivity contribution in [3.05, 3.63) is 48.3 Å². The van der Waals surface area contributed by atoms with Crippen molar-refractivity contribution in [1.29, 1.82) is 0 Å². The van der Waals surface area contributed by atoms with Gasteiger partial charge in [0.05, 0.1) is 11.6 Å². The quantitative estimate of drug-likeness (QED) is 0.847. The molecule has 0 aliphatic rings. The van der Waals surface area contributed by atoms with E-state index in [9.17, 15) is 9.59 Å². The summed E-state index contributed by atoms with van der Waals surface area (Å²) in [4.78, 5) is 22.9. The lowest BCUT2D eigenvalue weighted by Gasteiger charge is -2.11. The van der Waals surface area contributed by atoms with Gasteiger partial charge in [0, 0.05) is 24.5 Å². The van der Waals surface area contributed by atoms with Gasteiger partial charge in [-0.1, -0.05) is 6.92 Å². The van der Waals surface area contributed by atoms with E-state index >= 15 is 0 Å². The second-order valence-electron chi connectivity index (χ2n) is 4.65. The normalized spacial score (nSPS) is 11.9. The Labute approximate surface area is 122 Å². The van der Waals surface area contributed by atoms with Gasteiger partial charge >= 0.3 is 5.97 Å². The zero-order chi connectivity index (χ0) is 15.2. The van der Waals surface area contributed by atoms with Crippen LogP contribution in [0.15, 0.2) is 42.7 Å². The van der Waals surface area contributed by atoms with Gasteiger partial charge in [-0.3, -0.25) is 9.59 Å². The molecule has 21 heavy (non-hydrogen) atoms. The van der Waals surface area contributed by atoms with E-state index in [1.165, 1.54) is 0 Å². The molecule has 0 saturated heterocycles. The Hall–Kier alpha value is -2.63. The Morgan fingerprint density at radius 2 is 2.05 bits per heavy atom. The van der Waals surface area contributed by atoms with Crippen molar-refractivity contribution in [2.45, 2.75) is 13.3 Å². The summed E-state index contributed by atoms with van der Waals surface area (Å²) in [6.07, 6.45) is 3.97. The summed E-state index contributed by atoms with van der Waals surface area (Å²) in [6.45, 7) is 1.91. The van der Waals surface area contributed by atoms with Crippen LogP contribution in [0.3, 0.4) is 0 Å². The van der Waals surface area contributed by atoms with Crippen molar-refractivity contribution >= 4 is 11.9 Å². The predicted octanol–water partition coefficient (Wildman–Crippen LogP) is 1.71. The molecule has 1 aromatic carbocycles. The number of nitrogens with zero attached hydrogens (tertiary/aromatic N) is 2. The van der Waals surface area contributed by atoms with E-state index in [4.69, 9.17) is 5.11 Å². The number of amides is 1. The summed E-state index contributed by atoms with van der Waals surface area (Å²) in [7, 11) is 0. The molecule has 2 rings (SSSR count). The Morgan fingerprint density at radius 1 is 1.33 bits per heavy atom. The van der Waals surface area contributed by atoms with Crippen LogP contribution in [-0.2, 0) is 4.79 Å². The average molecular weight is 287 g/mol. The number of carbonyl (C=O) groups excluding carboxylic acids is 1. The van der Waals surface area contributed by atoms with Crippen LogP contribution in [0.5, 0.6) is 0 Å². The topological polar surface area (TPSA) is 84.2 Å². The van der Waals surface area contributed by atoms with Gasteiger partial charge in [-0.15, -0.1) is 0 Å². The average Bonchev–Trinajstić information content (AvgIpc) is 3.01. The van der Waals surface area contributed by atoms with Gasteiger partial charge in [0.2, 0.25) is 0 Å². The second-order valence-corrected chi connectivity index (χ2v) is 4.65. The summed E-state index contributed by atoms with van der Waals surface area (Å²) in [5.74, 6) is -1.73. The van der Waals surface area contributed by atoms with Crippen LogP contribution in [0.4, 0.5) is 0 Å². The van der Waals surface area contributed by atoms with Crippen LogP contribution < -0.4 is 5.32 Å². The molecule has 2 N–H and O–H groups in total. The lowest BCUT2D eigenvalue weighted by atomic mass is 10.1. The van der Waals surface area contributed by atoms with Crippen LogP contribution in [0, 0.1) is 5.92 Å². The standard InChI is InChI=1S/C15H17N3O3/c1-2-11(15(20)21)10-16-14(19)12-4-6-13(7-5-12)18-9-3-8-17-18/h3-9,11H,2,10H2,1H3,(H,16,19)(H,20,21). The zero-order valence-electron chi connectivity index (χ0n) is 11.7. The van der Waals surface area contributed by atoms with E-state index in [1.54, 1.807) is 42.1 Å². The van der Waals surface area contributed by atoms with Gasteiger partial charge < -0.3 is 10.4 Å². The SMILES string of the molecule is CCC(CNC(=O)c1ccc(-n2cccn2)cc1)C(=O)O. The molecule has 0 aliphatic heterocycles. The summed E-state index contributed by atoms with van der Waals surface area (Å²) in [5.41, 5.74) is 1.35. The number of benzene rings is 1. The zero-order valence-corrected chi connectivity index (χ0v) is 11.7. The molecule has 6 heteroatoms. The summed E-state index contributed by atoms with van der Waals surface area (Å²) < 4.78 is 1.69. The lowest BCUT2D eigenvalue weighted by Crippen LogP contribution is -2.32. The highest BCUT2D eigenvalue weighted by Crippen LogP contribution is 2.09. The Kier molecular flexibility index (Phi) is 4.71. The van der Waals surface area contributed by atoms with Crippen LogP contribution in [0.1, 0.15) is 23.7 Å². The molecular weight excluding hydrogens is 270 g/mol. The first-order chi connectivity index (χ1) is 10.1. The molecule has 1 aromatic heterocycles. The number of carbonyl (C=O) groups is 2. The second kappa shape index (κ2) is 6.69. The minimum atomic E-state index is -0.896. The number of hydrogen-bond donors (Lipinski definition) is 2. The van der Waals surface area contributed by atoms with E-state index in [-0.39, 0.29) is 12.5 Å². The van der Waals surface area contributed by atoms with Crippen molar-refractivity contribution < 1.29 is 14.7 Å². The van der Waals surface area contributed by atoms with Crippen molar-refractivity contribution in [1.82, 2.24) is 15.1 Å². The molecule has 1 atom stereocenters. The predicted molar refractivity (Wildman–Crippen MR) is 77.3 cm³/mol. The summed E-state index contributed by atoms with van der Waals surface area (Å²) in [6, 6.07) is 8.77. The van der Waals surface area contributed by atoms with Crippen molar-refractivity contribution in [2.24, 2.45) is 5.92 Å². The first-order valence-electron chi connectivity index (χ1n) is 6.73. The van der Waals surface area contributed by atoms with Gasteiger partial charge in [0.25, 0.3) is 5.91 Å². The Balaban J connectivity index is 1.98. The molecule has 0 fully saturated rings. The smallest absolute Gasteiger partial charge is 0.308 e. The molecule has 0 spiro atoms. The molecule has 0 bridgehead atoms. The summed E-state index contributed by atoms with van der Waals surface area (Å²) in [5, 5.41) is 15.7. The van der Waals surface area contributed by atoms with E-state index in [1.807, 2.05) is 12.3 Å². The molecule has 2 aromatic rings. The monoisotopic (exact) mass is 287 g/mol. The third-order valence-electron chi connectivity index (χ3n) is 3.25. The van der Waals surface area contributed by atoms with Crippen LogP contribution in [-0.4, -0.2) is 33.3 Å². The van der Waals surface area contributed by atoms with Crippen molar-refractivity contribution in [2.75, 3.05) is 6.54 Å². The first kappa shape index (κ1) is 14.8. The maximum Gasteiger partial charge on any atom is 0.308 e. The third-order valence-corrected chi connectivity index (χ3v) is 3.25. The lowest BCUT2D eigenvalue weighted by molar-refractivity contribution is -0.141. The third kappa shape index (κ3) is 3.68. The van der Waals surface area contributed by atoms with E-state index in [0.717, 1.165) is 5.69 Å². The van der Waals surface area contributed by atoms with Crippen molar-refractivity contribution in [3.8, 4) is 5.69 Å². The molecule has 1 unspecified atom stereocenters. The van der Waals surface area contributed by atoms with Crippen molar-refractivity contribution in [3.63, 3.8) is 0 Å². The fourth-order valence-electron chi connectivity index (χ4n) is 1.91. The number of hydrogen-bond acceptors (Lipinski definition) is 3. The fraction of sp³-hybridized carbons (Fsp3) is 0.267. The minimum absolute atomic E-state index is 0.131. The number of aromatic nitrogens is 2. The van der Waals surface area contributed by atoms with Crippen LogP contribution in [0.25, 0.3) is 5.69 Å².